The third-order valence-corrected chi connectivity index (χ3v) is 3.97. The van der Waals surface area contributed by atoms with Gasteiger partial charge in [0, 0.05) is 13.2 Å². The summed E-state index contributed by atoms with van der Waals surface area (Å²) in [5, 5.41) is 2.97. The topological polar surface area (TPSA) is 64.3 Å². The summed E-state index contributed by atoms with van der Waals surface area (Å²) in [6.07, 6.45) is 2.65. The van der Waals surface area contributed by atoms with E-state index in [0.29, 0.717) is 6.42 Å². The number of carbonyl (C=O) groups is 1. The molecule has 1 saturated carbocycles. The van der Waals surface area contributed by atoms with Crippen molar-refractivity contribution in [2.24, 2.45) is 11.1 Å². The second-order valence-electron chi connectivity index (χ2n) is 4.55. The minimum atomic E-state index is -0.729. The van der Waals surface area contributed by atoms with Crippen LogP contribution in [-0.4, -0.2) is 30.2 Å². The van der Waals surface area contributed by atoms with Crippen molar-refractivity contribution in [3.05, 3.63) is 0 Å². The Kier molecular flexibility index (Phi) is 4.27. The molecule has 4 nitrogen and oxygen atoms in total. The first-order valence-corrected chi connectivity index (χ1v) is 5.98. The van der Waals surface area contributed by atoms with E-state index in [0.717, 1.165) is 12.8 Å². The number of nitrogens with two attached hydrogens (primary N) is 1. The van der Waals surface area contributed by atoms with Crippen LogP contribution in [0.3, 0.4) is 0 Å². The summed E-state index contributed by atoms with van der Waals surface area (Å²) in [6, 6.07) is 0.206. The van der Waals surface area contributed by atoms with Crippen molar-refractivity contribution in [1.82, 2.24) is 5.32 Å². The van der Waals surface area contributed by atoms with Crippen molar-refractivity contribution in [3.63, 3.8) is 0 Å². The van der Waals surface area contributed by atoms with Crippen molar-refractivity contribution in [1.29, 1.82) is 0 Å². The van der Waals surface area contributed by atoms with Crippen LogP contribution < -0.4 is 11.1 Å². The molecule has 1 unspecified atom stereocenters. The molecule has 0 spiro atoms. The highest BCUT2D eigenvalue weighted by Gasteiger charge is 2.38. The molecule has 1 aliphatic carbocycles. The zero-order valence-corrected chi connectivity index (χ0v) is 10.9. The van der Waals surface area contributed by atoms with Gasteiger partial charge in [0.2, 0.25) is 5.91 Å². The number of amides is 1. The maximum atomic E-state index is 12.0. The molecule has 0 bridgehead atoms. The van der Waals surface area contributed by atoms with Gasteiger partial charge in [0.25, 0.3) is 0 Å². The Morgan fingerprint density at radius 2 is 2.19 bits per heavy atom. The first kappa shape index (κ1) is 13.4. The van der Waals surface area contributed by atoms with E-state index in [-0.39, 0.29) is 23.0 Å². The van der Waals surface area contributed by atoms with E-state index in [9.17, 15) is 4.79 Å². The number of methoxy groups -OCH3 is 1. The predicted octanol–water partition coefficient (Wildman–Crippen LogP) is 0.982. The van der Waals surface area contributed by atoms with Crippen molar-refractivity contribution in [2.75, 3.05) is 7.11 Å². The molecule has 92 valence electrons. The van der Waals surface area contributed by atoms with Gasteiger partial charge in [-0.25, -0.2) is 0 Å². The van der Waals surface area contributed by atoms with Gasteiger partial charge in [-0.3, -0.25) is 4.79 Å². The third kappa shape index (κ3) is 2.52. The molecule has 1 aliphatic rings. The Balaban J connectivity index is 2.49. The Hall–Kier alpha value is -0.680. The molecule has 1 rings (SSSR count). The lowest BCUT2D eigenvalue weighted by molar-refractivity contribution is -0.129. The highest BCUT2D eigenvalue weighted by molar-refractivity contribution is 7.80. The van der Waals surface area contributed by atoms with E-state index in [4.69, 9.17) is 22.7 Å². The number of ether oxygens (including phenoxy) is 1. The molecule has 0 saturated heterocycles. The lowest BCUT2D eigenvalue weighted by Crippen LogP contribution is -2.54. The normalized spacial score (nSPS) is 27.7. The lowest BCUT2D eigenvalue weighted by atomic mass is 9.83. The van der Waals surface area contributed by atoms with Crippen LogP contribution in [-0.2, 0) is 9.53 Å². The molecule has 5 heteroatoms. The van der Waals surface area contributed by atoms with Crippen molar-refractivity contribution < 1.29 is 9.53 Å². The van der Waals surface area contributed by atoms with Crippen LogP contribution in [0.25, 0.3) is 0 Å². The fourth-order valence-corrected chi connectivity index (χ4v) is 1.90. The van der Waals surface area contributed by atoms with Gasteiger partial charge in [0.15, 0.2) is 0 Å². The van der Waals surface area contributed by atoms with Crippen molar-refractivity contribution in [2.45, 2.75) is 45.3 Å². The second kappa shape index (κ2) is 5.10. The summed E-state index contributed by atoms with van der Waals surface area (Å²) in [5.74, 6) is -0.0675. The van der Waals surface area contributed by atoms with Crippen LogP contribution in [0.4, 0.5) is 0 Å². The largest absolute Gasteiger partial charge is 0.392 e. The number of hydrogen-bond donors (Lipinski definition) is 2. The lowest BCUT2D eigenvalue weighted by Gasteiger charge is -2.37. The molecular weight excluding hydrogens is 224 g/mol. The Labute approximate surface area is 102 Å². The molecule has 0 aromatic rings. The van der Waals surface area contributed by atoms with Crippen LogP contribution in [0.5, 0.6) is 0 Å². The van der Waals surface area contributed by atoms with Gasteiger partial charge in [0.05, 0.1) is 16.5 Å². The van der Waals surface area contributed by atoms with Crippen molar-refractivity contribution >= 4 is 23.1 Å². The standard InChI is InChI=1S/C11H20N2O2S/c1-4-11(2,9(12)16)10(14)13-7-5-8(6-7)15-3/h7-8H,4-6H2,1-3H3,(H2,12,16)(H,13,14). The van der Waals surface area contributed by atoms with Crippen molar-refractivity contribution in [3.8, 4) is 0 Å². The highest BCUT2D eigenvalue weighted by atomic mass is 32.1. The molecule has 1 fully saturated rings. The van der Waals surface area contributed by atoms with Gasteiger partial charge >= 0.3 is 0 Å². The average molecular weight is 244 g/mol. The minimum absolute atomic E-state index is 0.0675. The van der Waals surface area contributed by atoms with Crippen LogP contribution in [0, 0.1) is 5.41 Å². The smallest absolute Gasteiger partial charge is 0.232 e. The van der Waals surface area contributed by atoms with E-state index in [2.05, 4.69) is 5.32 Å². The second-order valence-corrected chi connectivity index (χ2v) is 4.99. The maximum Gasteiger partial charge on any atom is 0.232 e. The summed E-state index contributed by atoms with van der Waals surface area (Å²) >= 11 is 4.95. The Morgan fingerprint density at radius 1 is 1.62 bits per heavy atom. The van der Waals surface area contributed by atoms with Gasteiger partial charge in [-0.1, -0.05) is 19.1 Å². The first-order chi connectivity index (χ1) is 7.43. The van der Waals surface area contributed by atoms with E-state index < -0.39 is 5.41 Å². The molecule has 16 heavy (non-hydrogen) atoms. The third-order valence-electron chi connectivity index (χ3n) is 3.52. The Bertz CT molecular complexity index is 290. The van der Waals surface area contributed by atoms with Gasteiger partial charge in [0.1, 0.15) is 0 Å². The van der Waals surface area contributed by atoms with Gasteiger partial charge in [-0.2, -0.15) is 0 Å². The zero-order chi connectivity index (χ0) is 12.3. The quantitative estimate of drug-likeness (QED) is 0.708. The van der Waals surface area contributed by atoms with Crippen LogP contribution >= 0.6 is 12.2 Å². The zero-order valence-electron chi connectivity index (χ0n) is 10.1. The van der Waals surface area contributed by atoms with Gasteiger partial charge in [-0.15, -0.1) is 0 Å². The summed E-state index contributed by atoms with van der Waals surface area (Å²) < 4.78 is 5.16. The molecule has 0 radical (unpaired) electrons. The van der Waals surface area contributed by atoms with E-state index in [1.54, 1.807) is 14.0 Å². The average Bonchev–Trinajstić information content (AvgIpc) is 2.20. The van der Waals surface area contributed by atoms with E-state index in [1.165, 1.54) is 0 Å². The molecule has 0 heterocycles. The first-order valence-electron chi connectivity index (χ1n) is 5.57. The molecule has 3 N–H and O–H groups in total. The minimum Gasteiger partial charge on any atom is -0.392 e. The molecule has 1 amide bonds. The monoisotopic (exact) mass is 244 g/mol. The number of carbonyl (C=O) groups excluding carboxylic acids is 1. The molecule has 0 aliphatic heterocycles. The summed E-state index contributed by atoms with van der Waals surface area (Å²) in [6.45, 7) is 3.70. The van der Waals surface area contributed by atoms with Crippen LogP contribution in [0.1, 0.15) is 33.1 Å². The fourth-order valence-electron chi connectivity index (χ4n) is 1.67. The predicted molar refractivity (Wildman–Crippen MR) is 67.1 cm³/mol. The number of rotatable bonds is 5. The summed E-state index contributed by atoms with van der Waals surface area (Å²) in [4.78, 5) is 12.3. The van der Waals surface area contributed by atoms with Crippen LogP contribution in [0.15, 0.2) is 0 Å². The maximum absolute atomic E-state index is 12.0. The van der Waals surface area contributed by atoms with E-state index in [1.807, 2.05) is 6.92 Å². The van der Waals surface area contributed by atoms with Gasteiger partial charge in [-0.05, 0) is 26.2 Å². The summed E-state index contributed by atoms with van der Waals surface area (Å²) in [5.41, 5.74) is 4.89. The molecule has 0 aromatic carbocycles. The molecule has 0 aromatic heterocycles. The molecule has 1 atom stereocenters. The molecular formula is C11H20N2O2S. The Morgan fingerprint density at radius 3 is 2.56 bits per heavy atom. The van der Waals surface area contributed by atoms with Crippen LogP contribution in [0.2, 0.25) is 0 Å². The number of thiocarbonyl (C=S) groups is 1. The highest BCUT2D eigenvalue weighted by Crippen LogP contribution is 2.26. The fraction of sp³-hybridized carbons (Fsp3) is 0.818. The SMILES string of the molecule is CCC(C)(C(=O)NC1CC(OC)C1)C(N)=S. The summed E-state index contributed by atoms with van der Waals surface area (Å²) in [7, 11) is 1.69. The number of hydrogen-bond acceptors (Lipinski definition) is 3. The van der Waals surface area contributed by atoms with E-state index >= 15 is 0 Å². The van der Waals surface area contributed by atoms with Gasteiger partial charge < -0.3 is 15.8 Å². The number of nitrogens with one attached hydrogen (secondary N) is 1.